The molecule has 0 aliphatic carbocycles. The number of hydrogen-bond donors (Lipinski definition) is 4. The molecule has 2 atom stereocenters. The minimum atomic E-state index is -0.933. The molecule has 8 aromatic carbocycles. The lowest BCUT2D eigenvalue weighted by molar-refractivity contribution is -0.0511. The van der Waals surface area contributed by atoms with Gasteiger partial charge >= 0.3 is 0 Å². The van der Waals surface area contributed by atoms with Gasteiger partial charge in [0.25, 0.3) is 0 Å². The van der Waals surface area contributed by atoms with Crippen molar-refractivity contribution in [3.8, 4) is 11.5 Å². The Labute approximate surface area is 236 Å². The number of phenols is 2. The van der Waals surface area contributed by atoms with Crippen molar-refractivity contribution in [1.29, 1.82) is 0 Å². The van der Waals surface area contributed by atoms with E-state index >= 15 is 0 Å². The number of aliphatic hydroxyl groups is 2. The molecule has 0 saturated heterocycles. The van der Waals surface area contributed by atoms with Crippen LogP contribution >= 0.6 is 0 Å². The quantitative estimate of drug-likeness (QED) is 0.170. The Hall–Kier alpha value is -4.64. The molecular weight excluding hydrogens is 508 g/mol. The fourth-order valence-corrected chi connectivity index (χ4v) is 7.02. The molecule has 4 nitrogen and oxygen atoms in total. The topological polar surface area (TPSA) is 80.9 Å². The lowest BCUT2D eigenvalue weighted by Gasteiger charge is -2.36. The number of aliphatic hydroxyl groups excluding tert-OH is 2. The molecule has 8 aromatic rings. The summed E-state index contributed by atoms with van der Waals surface area (Å²) in [6, 6.07) is 31.3. The molecule has 0 aliphatic heterocycles. The Kier molecular flexibility index (Phi) is 4.83. The first kappa shape index (κ1) is 24.2. The fraction of sp³-hybridized carbons (Fsp3) is 0.135. The molecule has 0 fully saturated rings. The lowest BCUT2D eigenvalue weighted by atomic mass is 9.74. The molecule has 41 heavy (non-hydrogen) atoms. The smallest absolute Gasteiger partial charge is 0.116 e. The van der Waals surface area contributed by atoms with Crippen LogP contribution in [0.25, 0.3) is 64.6 Å². The zero-order valence-corrected chi connectivity index (χ0v) is 22.7. The summed E-state index contributed by atoms with van der Waals surface area (Å²) in [7, 11) is 0. The highest BCUT2D eigenvalue weighted by Gasteiger charge is 2.38. The van der Waals surface area contributed by atoms with Gasteiger partial charge in [-0.05, 0) is 124 Å². The molecule has 0 aromatic heterocycles. The minimum Gasteiger partial charge on any atom is -0.508 e. The van der Waals surface area contributed by atoms with E-state index in [4.69, 9.17) is 0 Å². The van der Waals surface area contributed by atoms with E-state index in [9.17, 15) is 20.4 Å². The van der Waals surface area contributed by atoms with Crippen molar-refractivity contribution in [2.24, 2.45) is 5.41 Å². The first-order valence-corrected chi connectivity index (χ1v) is 13.9. The van der Waals surface area contributed by atoms with E-state index in [-0.39, 0.29) is 11.5 Å². The van der Waals surface area contributed by atoms with Crippen LogP contribution in [0.15, 0.2) is 97.1 Å². The molecule has 0 heterocycles. The van der Waals surface area contributed by atoms with Gasteiger partial charge < -0.3 is 20.4 Å². The van der Waals surface area contributed by atoms with E-state index in [2.05, 4.69) is 0 Å². The average Bonchev–Trinajstić information content (AvgIpc) is 2.96. The van der Waals surface area contributed by atoms with Crippen molar-refractivity contribution < 1.29 is 20.4 Å². The van der Waals surface area contributed by atoms with Crippen LogP contribution in [0.5, 0.6) is 11.5 Å². The summed E-state index contributed by atoms with van der Waals surface area (Å²) in [5, 5.41) is 56.2. The van der Waals surface area contributed by atoms with Gasteiger partial charge in [0.05, 0.1) is 12.2 Å². The second-order valence-corrected chi connectivity index (χ2v) is 12.1. The zero-order valence-electron chi connectivity index (χ0n) is 22.7. The first-order chi connectivity index (χ1) is 19.7. The zero-order chi connectivity index (χ0) is 28.2. The van der Waals surface area contributed by atoms with Crippen LogP contribution in [0.1, 0.15) is 37.2 Å². The van der Waals surface area contributed by atoms with Crippen LogP contribution in [0.3, 0.4) is 0 Å². The Morgan fingerprint density at radius 2 is 0.634 bits per heavy atom. The summed E-state index contributed by atoms with van der Waals surface area (Å²) in [4.78, 5) is 0. The largest absolute Gasteiger partial charge is 0.508 e. The third-order valence-corrected chi connectivity index (χ3v) is 9.12. The highest BCUT2D eigenvalue weighted by molar-refractivity contribution is 6.24. The third-order valence-electron chi connectivity index (χ3n) is 9.12. The number of rotatable bonds is 4. The van der Waals surface area contributed by atoms with Gasteiger partial charge in [-0.3, -0.25) is 0 Å². The van der Waals surface area contributed by atoms with E-state index < -0.39 is 17.6 Å². The van der Waals surface area contributed by atoms with Crippen molar-refractivity contribution in [2.45, 2.75) is 26.1 Å². The molecule has 200 valence electrons. The fourth-order valence-electron chi connectivity index (χ4n) is 7.02. The van der Waals surface area contributed by atoms with E-state index in [1.54, 1.807) is 24.3 Å². The molecule has 0 spiro atoms. The van der Waals surface area contributed by atoms with Crippen molar-refractivity contribution in [2.75, 3.05) is 0 Å². The predicted molar refractivity (Wildman–Crippen MR) is 167 cm³/mol. The van der Waals surface area contributed by atoms with Gasteiger partial charge in [-0.25, -0.2) is 0 Å². The average molecular weight is 537 g/mol. The Balaban J connectivity index is 1.23. The van der Waals surface area contributed by atoms with Crippen LogP contribution in [0.2, 0.25) is 0 Å². The highest BCUT2D eigenvalue weighted by Crippen LogP contribution is 2.47. The standard InChI is InChI=1S/C37H28O4/c1-37(2,35(40)27-11-19-3-7-23-15-29(38)16-24-8-4-20(12-27)31(19)33(23)24)36(41)28-13-21-5-9-25-17-30(39)18-26-10-6-22(14-28)32(21)34(25)26/h3-18,35-36,38-41H,1-2H3. The van der Waals surface area contributed by atoms with Crippen LogP contribution in [0.4, 0.5) is 0 Å². The number of benzene rings is 8. The van der Waals surface area contributed by atoms with E-state index in [1.165, 1.54) is 0 Å². The van der Waals surface area contributed by atoms with E-state index in [0.717, 1.165) is 75.8 Å². The first-order valence-electron chi connectivity index (χ1n) is 13.9. The number of phenolic OH excluding ortho intramolecular Hbond substituents is 2. The SMILES string of the molecule is CC(C)(C(O)c1cc2ccc3cc(O)cc4ccc(c1)c2c34)C(O)c1cc2ccc3cc(O)cc4ccc(c1)c2c34. The Bertz CT molecular complexity index is 2000. The van der Waals surface area contributed by atoms with Gasteiger partial charge in [0.2, 0.25) is 0 Å². The van der Waals surface area contributed by atoms with Crippen LogP contribution in [-0.4, -0.2) is 20.4 Å². The summed E-state index contributed by atoms with van der Waals surface area (Å²) in [6.07, 6.45) is -1.87. The highest BCUT2D eigenvalue weighted by atomic mass is 16.3. The molecule has 0 bridgehead atoms. The van der Waals surface area contributed by atoms with Gasteiger partial charge in [-0.1, -0.05) is 62.4 Å². The summed E-state index contributed by atoms with van der Waals surface area (Å²) >= 11 is 0. The monoisotopic (exact) mass is 536 g/mol. The minimum absolute atomic E-state index is 0.244. The lowest BCUT2D eigenvalue weighted by Crippen LogP contribution is -2.29. The molecule has 0 aliphatic rings. The maximum absolute atomic E-state index is 11.8. The second-order valence-electron chi connectivity index (χ2n) is 12.1. The van der Waals surface area contributed by atoms with Crippen molar-refractivity contribution >= 4 is 64.6 Å². The Morgan fingerprint density at radius 3 is 0.878 bits per heavy atom. The van der Waals surface area contributed by atoms with Crippen LogP contribution in [-0.2, 0) is 0 Å². The molecular formula is C37H28O4. The maximum atomic E-state index is 11.8. The summed E-state index contributed by atoms with van der Waals surface area (Å²) in [5.41, 5.74) is 0.597. The van der Waals surface area contributed by atoms with Crippen molar-refractivity contribution in [3.63, 3.8) is 0 Å². The molecule has 0 saturated carbocycles. The van der Waals surface area contributed by atoms with E-state index in [1.807, 2.05) is 86.6 Å². The van der Waals surface area contributed by atoms with Gasteiger partial charge in [-0.2, -0.15) is 0 Å². The third kappa shape index (κ3) is 3.41. The molecule has 0 amide bonds. The number of aromatic hydroxyl groups is 2. The maximum Gasteiger partial charge on any atom is 0.116 e. The van der Waals surface area contributed by atoms with E-state index in [0.29, 0.717) is 0 Å². The summed E-state index contributed by atoms with van der Waals surface area (Å²) in [5.74, 6) is 0.489. The summed E-state index contributed by atoms with van der Waals surface area (Å²) in [6.45, 7) is 3.81. The van der Waals surface area contributed by atoms with Crippen LogP contribution in [0, 0.1) is 5.41 Å². The van der Waals surface area contributed by atoms with Gasteiger partial charge in [0, 0.05) is 5.41 Å². The molecule has 8 rings (SSSR count). The van der Waals surface area contributed by atoms with Gasteiger partial charge in [0.1, 0.15) is 11.5 Å². The van der Waals surface area contributed by atoms with Crippen molar-refractivity contribution in [3.05, 3.63) is 108 Å². The summed E-state index contributed by atoms with van der Waals surface area (Å²) < 4.78 is 0. The van der Waals surface area contributed by atoms with Gasteiger partial charge in [-0.15, -0.1) is 0 Å². The molecule has 0 radical (unpaired) electrons. The normalized spacial score (nSPS) is 14.3. The molecule has 4 N–H and O–H groups in total. The molecule has 4 heteroatoms. The second kappa shape index (κ2) is 8.20. The van der Waals surface area contributed by atoms with Gasteiger partial charge in [0.15, 0.2) is 0 Å². The van der Waals surface area contributed by atoms with Crippen molar-refractivity contribution in [1.82, 2.24) is 0 Å². The Morgan fingerprint density at radius 1 is 0.415 bits per heavy atom. The predicted octanol–water partition coefficient (Wildman–Crippen LogP) is 8.69. The van der Waals surface area contributed by atoms with Crippen LogP contribution < -0.4 is 0 Å². The molecule has 2 unspecified atom stereocenters. The number of hydrogen-bond acceptors (Lipinski definition) is 4.